The monoisotopic (exact) mass is 369 g/mol. The highest BCUT2D eigenvalue weighted by Gasteiger charge is 2.09. The van der Waals surface area contributed by atoms with Gasteiger partial charge in [0.05, 0.1) is 19.1 Å². The van der Waals surface area contributed by atoms with Crippen LogP contribution in [0.2, 0.25) is 0 Å². The van der Waals surface area contributed by atoms with Crippen molar-refractivity contribution in [2.45, 2.75) is 12.5 Å². The highest BCUT2D eigenvalue weighted by molar-refractivity contribution is 9.10. The summed E-state index contributed by atoms with van der Waals surface area (Å²) < 4.78 is 6.45. The zero-order valence-corrected chi connectivity index (χ0v) is 13.7. The Morgan fingerprint density at radius 3 is 2.76 bits per heavy atom. The van der Waals surface area contributed by atoms with Crippen LogP contribution in [0.4, 0.5) is 0 Å². The number of amides is 1. The Labute approximate surface area is 135 Å². The van der Waals surface area contributed by atoms with E-state index in [0.29, 0.717) is 6.61 Å². The first-order valence-corrected chi connectivity index (χ1v) is 8.24. The number of ether oxygens (including phenoxy) is 1. The minimum Gasteiger partial charge on any atom is -0.493 e. The number of rotatable bonds is 7. The third-order valence-electron chi connectivity index (χ3n) is 2.83. The Balaban J connectivity index is 1.64. The topological polar surface area (TPSA) is 58.6 Å². The first-order valence-electron chi connectivity index (χ1n) is 6.50. The molecule has 2 rings (SSSR count). The number of benzene rings is 1. The van der Waals surface area contributed by atoms with Gasteiger partial charge in [-0.15, -0.1) is 0 Å². The maximum Gasteiger partial charge on any atom is 0.223 e. The van der Waals surface area contributed by atoms with Crippen molar-refractivity contribution >= 4 is 33.2 Å². The fraction of sp³-hybridized carbons (Fsp3) is 0.267. The lowest BCUT2D eigenvalue weighted by atomic mass is 10.2. The summed E-state index contributed by atoms with van der Waals surface area (Å²) in [4.78, 5) is 11.7. The second-order valence-corrected chi connectivity index (χ2v) is 6.12. The van der Waals surface area contributed by atoms with Crippen LogP contribution >= 0.6 is 27.3 Å². The molecule has 4 nitrogen and oxygen atoms in total. The summed E-state index contributed by atoms with van der Waals surface area (Å²) in [7, 11) is 0. The molecule has 1 amide bonds. The molecular formula is C15H16BrNO3S. The lowest BCUT2D eigenvalue weighted by Gasteiger charge is -2.11. The Hall–Kier alpha value is -1.37. The molecule has 1 atom stereocenters. The molecule has 2 N–H and O–H groups in total. The molecule has 1 aromatic carbocycles. The standard InChI is InChI=1S/C15H16BrNO3S/c16-12-1-3-13(4-2-12)20-7-5-15(19)17-9-14(18)11-6-8-21-10-11/h1-4,6,8,10,14,18H,5,7,9H2,(H,17,19). The normalized spacial score (nSPS) is 11.9. The van der Waals surface area contributed by atoms with Gasteiger partial charge >= 0.3 is 0 Å². The van der Waals surface area contributed by atoms with Crippen LogP contribution in [0, 0.1) is 0 Å². The van der Waals surface area contributed by atoms with Crippen LogP contribution in [-0.2, 0) is 4.79 Å². The summed E-state index contributed by atoms with van der Waals surface area (Å²) in [6, 6.07) is 9.28. The first kappa shape index (κ1) is 16.0. The van der Waals surface area contributed by atoms with Crippen molar-refractivity contribution in [3.8, 4) is 5.75 Å². The molecule has 0 aliphatic carbocycles. The Morgan fingerprint density at radius 2 is 2.10 bits per heavy atom. The number of aliphatic hydroxyl groups is 1. The third-order valence-corrected chi connectivity index (χ3v) is 4.06. The number of hydrogen-bond acceptors (Lipinski definition) is 4. The van der Waals surface area contributed by atoms with Crippen LogP contribution in [0.1, 0.15) is 18.1 Å². The van der Waals surface area contributed by atoms with Gasteiger partial charge in [-0.1, -0.05) is 15.9 Å². The summed E-state index contributed by atoms with van der Waals surface area (Å²) >= 11 is 4.86. The van der Waals surface area contributed by atoms with Crippen LogP contribution in [-0.4, -0.2) is 24.2 Å². The van der Waals surface area contributed by atoms with E-state index in [1.54, 1.807) is 0 Å². The van der Waals surface area contributed by atoms with Crippen LogP contribution in [0.15, 0.2) is 45.6 Å². The van der Waals surface area contributed by atoms with Gasteiger partial charge in [0.25, 0.3) is 0 Å². The molecule has 0 saturated heterocycles. The van der Waals surface area contributed by atoms with Crippen molar-refractivity contribution in [1.82, 2.24) is 5.32 Å². The molecule has 1 heterocycles. The molecule has 1 aromatic heterocycles. The number of hydrogen-bond donors (Lipinski definition) is 2. The summed E-state index contributed by atoms with van der Waals surface area (Å²) in [5.74, 6) is 0.589. The highest BCUT2D eigenvalue weighted by Crippen LogP contribution is 2.16. The highest BCUT2D eigenvalue weighted by atomic mass is 79.9. The predicted molar refractivity (Wildman–Crippen MR) is 86.5 cm³/mol. The van der Waals surface area contributed by atoms with E-state index >= 15 is 0 Å². The van der Waals surface area contributed by atoms with E-state index in [-0.39, 0.29) is 18.9 Å². The first-order chi connectivity index (χ1) is 10.1. The van der Waals surface area contributed by atoms with Crippen LogP contribution in [0.5, 0.6) is 5.75 Å². The molecule has 0 spiro atoms. The molecular weight excluding hydrogens is 354 g/mol. The molecule has 0 aliphatic rings. The summed E-state index contributed by atoms with van der Waals surface area (Å²) in [6.45, 7) is 0.524. The maximum absolute atomic E-state index is 11.7. The van der Waals surface area contributed by atoms with E-state index < -0.39 is 6.10 Å². The number of thiophene rings is 1. The Bertz CT molecular complexity index is 557. The lowest BCUT2D eigenvalue weighted by Crippen LogP contribution is -2.29. The van der Waals surface area contributed by atoms with E-state index in [9.17, 15) is 9.90 Å². The van der Waals surface area contributed by atoms with E-state index in [0.717, 1.165) is 15.8 Å². The van der Waals surface area contributed by atoms with Crippen LogP contribution in [0.3, 0.4) is 0 Å². The van der Waals surface area contributed by atoms with Crippen molar-refractivity contribution in [3.63, 3.8) is 0 Å². The lowest BCUT2D eigenvalue weighted by molar-refractivity contribution is -0.122. The minimum atomic E-state index is -0.660. The molecule has 6 heteroatoms. The van der Waals surface area contributed by atoms with Crippen molar-refractivity contribution in [2.75, 3.05) is 13.2 Å². The van der Waals surface area contributed by atoms with E-state index in [4.69, 9.17) is 4.74 Å². The molecule has 0 fully saturated rings. The molecule has 112 valence electrons. The number of carbonyl (C=O) groups excluding carboxylic acids is 1. The van der Waals surface area contributed by atoms with Gasteiger partial charge in [-0.2, -0.15) is 11.3 Å². The van der Waals surface area contributed by atoms with Gasteiger partial charge in [0.15, 0.2) is 0 Å². The van der Waals surface area contributed by atoms with Gasteiger partial charge in [-0.3, -0.25) is 4.79 Å². The minimum absolute atomic E-state index is 0.138. The van der Waals surface area contributed by atoms with Crippen molar-refractivity contribution < 1.29 is 14.6 Å². The Kier molecular flexibility index (Phi) is 6.22. The summed E-state index contributed by atoms with van der Waals surface area (Å²) in [6.07, 6.45) is -0.403. The number of halogens is 1. The van der Waals surface area contributed by atoms with E-state index in [2.05, 4.69) is 21.2 Å². The summed E-state index contributed by atoms with van der Waals surface area (Å²) in [5.41, 5.74) is 0.825. The quantitative estimate of drug-likeness (QED) is 0.787. The zero-order valence-electron chi connectivity index (χ0n) is 11.3. The average molecular weight is 370 g/mol. The van der Waals surface area contributed by atoms with Gasteiger partial charge in [-0.05, 0) is 46.7 Å². The fourth-order valence-electron chi connectivity index (χ4n) is 1.67. The third kappa shape index (κ3) is 5.49. The van der Waals surface area contributed by atoms with Crippen LogP contribution < -0.4 is 10.1 Å². The average Bonchev–Trinajstić information content (AvgIpc) is 3.01. The van der Waals surface area contributed by atoms with Gasteiger partial charge in [0.2, 0.25) is 5.91 Å². The SMILES string of the molecule is O=C(CCOc1ccc(Br)cc1)NCC(O)c1ccsc1. The van der Waals surface area contributed by atoms with Crippen molar-refractivity contribution in [1.29, 1.82) is 0 Å². The smallest absolute Gasteiger partial charge is 0.223 e. The molecule has 0 bridgehead atoms. The molecule has 2 aromatic rings. The molecule has 1 unspecified atom stereocenters. The van der Waals surface area contributed by atoms with Crippen molar-refractivity contribution in [2.24, 2.45) is 0 Å². The second kappa shape index (κ2) is 8.17. The molecule has 0 saturated carbocycles. The molecule has 21 heavy (non-hydrogen) atoms. The Morgan fingerprint density at radius 1 is 1.33 bits per heavy atom. The van der Waals surface area contributed by atoms with Crippen LogP contribution in [0.25, 0.3) is 0 Å². The number of nitrogens with one attached hydrogen (secondary N) is 1. The van der Waals surface area contributed by atoms with Gasteiger partial charge in [0, 0.05) is 11.0 Å². The fourth-order valence-corrected chi connectivity index (χ4v) is 2.65. The van der Waals surface area contributed by atoms with Gasteiger partial charge < -0.3 is 15.2 Å². The van der Waals surface area contributed by atoms with E-state index in [1.807, 2.05) is 41.1 Å². The second-order valence-electron chi connectivity index (χ2n) is 4.43. The molecule has 0 radical (unpaired) electrons. The van der Waals surface area contributed by atoms with E-state index in [1.165, 1.54) is 11.3 Å². The predicted octanol–water partition coefficient (Wildman–Crippen LogP) is 3.13. The van der Waals surface area contributed by atoms with Crippen molar-refractivity contribution in [3.05, 3.63) is 51.1 Å². The zero-order chi connectivity index (χ0) is 15.1. The van der Waals surface area contributed by atoms with Gasteiger partial charge in [0.1, 0.15) is 5.75 Å². The number of carbonyl (C=O) groups is 1. The van der Waals surface area contributed by atoms with Gasteiger partial charge in [-0.25, -0.2) is 0 Å². The largest absolute Gasteiger partial charge is 0.493 e. The summed E-state index contributed by atoms with van der Waals surface area (Å²) in [5, 5.41) is 16.3. The number of aliphatic hydroxyl groups excluding tert-OH is 1. The molecule has 0 aliphatic heterocycles. The maximum atomic E-state index is 11.7.